The van der Waals surface area contributed by atoms with Gasteiger partial charge in [-0.25, -0.2) is 0 Å². The number of hydrogen-bond donors (Lipinski definition) is 1. The van der Waals surface area contributed by atoms with Gasteiger partial charge in [-0.1, -0.05) is 6.42 Å². The quantitative estimate of drug-likeness (QED) is 0.775. The fourth-order valence-corrected chi connectivity index (χ4v) is 1.50. The molecule has 1 aliphatic rings. The van der Waals surface area contributed by atoms with Crippen molar-refractivity contribution in [1.82, 2.24) is 4.90 Å². The fraction of sp³-hybridized carbons (Fsp3) is 1.00. The lowest BCUT2D eigenvalue weighted by Gasteiger charge is -2.25. The minimum absolute atomic E-state index is 0. The Bertz CT molecular complexity index is 85.1. The monoisotopic (exact) mass is 214 g/mol. The highest BCUT2D eigenvalue weighted by atomic mass is 35.5. The molecule has 1 fully saturated rings. The van der Waals surface area contributed by atoms with E-state index in [9.17, 15) is 0 Å². The van der Waals surface area contributed by atoms with Crippen LogP contribution in [0.3, 0.4) is 0 Å². The predicted octanol–water partition coefficient (Wildman–Crippen LogP) is 1.66. The number of rotatable bonds is 3. The molecule has 0 aliphatic carbocycles. The molecule has 0 radical (unpaired) electrons. The maximum atomic E-state index is 5.42. The number of piperidine rings is 1. The second kappa shape index (κ2) is 9.59. The van der Waals surface area contributed by atoms with E-state index in [4.69, 9.17) is 5.73 Å². The van der Waals surface area contributed by atoms with Crippen molar-refractivity contribution in [2.45, 2.75) is 25.7 Å². The zero-order valence-corrected chi connectivity index (χ0v) is 9.13. The summed E-state index contributed by atoms with van der Waals surface area (Å²) in [7, 11) is 0. The molecule has 0 bridgehead atoms. The first kappa shape index (κ1) is 15.0. The number of likely N-dealkylation sites (tertiary alicyclic amines) is 1. The summed E-state index contributed by atoms with van der Waals surface area (Å²) in [6.07, 6.45) is 5.38. The second-order valence-corrected chi connectivity index (χ2v) is 3.04. The van der Waals surface area contributed by atoms with Crippen molar-refractivity contribution in [3.8, 4) is 0 Å². The minimum Gasteiger partial charge on any atom is -0.330 e. The summed E-state index contributed by atoms with van der Waals surface area (Å²) < 4.78 is 0. The van der Waals surface area contributed by atoms with E-state index < -0.39 is 0 Å². The van der Waals surface area contributed by atoms with E-state index in [0.29, 0.717) is 0 Å². The van der Waals surface area contributed by atoms with Gasteiger partial charge in [0, 0.05) is 0 Å². The van der Waals surface area contributed by atoms with Crippen LogP contribution >= 0.6 is 24.8 Å². The summed E-state index contributed by atoms with van der Waals surface area (Å²) in [5.41, 5.74) is 5.42. The van der Waals surface area contributed by atoms with Crippen LogP contribution in [0.1, 0.15) is 25.7 Å². The highest BCUT2D eigenvalue weighted by molar-refractivity contribution is 5.85. The smallest absolute Gasteiger partial charge is 0.000672 e. The maximum Gasteiger partial charge on any atom is -0.000672 e. The molecule has 0 amide bonds. The van der Waals surface area contributed by atoms with E-state index in [1.807, 2.05) is 0 Å². The first-order valence-electron chi connectivity index (χ1n) is 4.36. The SMILES string of the molecule is Cl.Cl.NCCCN1CCCCC1. The van der Waals surface area contributed by atoms with E-state index in [0.717, 1.165) is 6.54 Å². The van der Waals surface area contributed by atoms with Crippen LogP contribution in [-0.2, 0) is 0 Å². The predicted molar refractivity (Wildman–Crippen MR) is 58.5 cm³/mol. The highest BCUT2D eigenvalue weighted by Gasteiger charge is 2.07. The molecule has 1 rings (SSSR count). The van der Waals surface area contributed by atoms with Crippen molar-refractivity contribution in [2.75, 3.05) is 26.2 Å². The van der Waals surface area contributed by atoms with Gasteiger partial charge in [-0.05, 0) is 45.4 Å². The Kier molecular flexibility index (Phi) is 12.0. The van der Waals surface area contributed by atoms with Crippen LogP contribution in [0.25, 0.3) is 0 Å². The molecule has 2 N–H and O–H groups in total. The van der Waals surface area contributed by atoms with E-state index in [2.05, 4.69) is 4.90 Å². The summed E-state index contributed by atoms with van der Waals surface area (Å²) >= 11 is 0. The second-order valence-electron chi connectivity index (χ2n) is 3.04. The number of nitrogens with zero attached hydrogens (tertiary/aromatic N) is 1. The number of halogens is 2. The van der Waals surface area contributed by atoms with Gasteiger partial charge in [0.15, 0.2) is 0 Å². The third-order valence-electron chi connectivity index (χ3n) is 2.13. The summed E-state index contributed by atoms with van der Waals surface area (Å²) in [6.45, 7) is 4.67. The Labute approximate surface area is 87.7 Å². The average Bonchev–Trinajstić information content (AvgIpc) is 2.03. The molecular weight excluding hydrogens is 195 g/mol. The molecule has 4 heteroatoms. The van der Waals surface area contributed by atoms with Crippen molar-refractivity contribution >= 4 is 24.8 Å². The first-order chi connectivity index (χ1) is 4.93. The van der Waals surface area contributed by atoms with Crippen molar-refractivity contribution in [3.05, 3.63) is 0 Å². The van der Waals surface area contributed by atoms with E-state index >= 15 is 0 Å². The molecule has 1 heterocycles. The van der Waals surface area contributed by atoms with Gasteiger partial charge in [0.1, 0.15) is 0 Å². The van der Waals surface area contributed by atoms with Gasteiger partial charge in [0.2, 0.25) is 0 Å². The Morgan fingerprint density at radius 2 is 1.58 bits per heavy atom. The molecule has 0 aromatic carbocycles. The molecule has 0 atom stereocenters. The molecule has 0 spiro atoms. The fourth-order valence-electron chi connectivity index (χ4n) is 1.50. The Morgan fingerprint density at radius 1 is 1.00 bits per heavy atom. The van der Waals surface area contributed by atoms with E-state index in [1.54, 1.807) is 0 Å². The Morgan fingerprint density at radius 3 is 2.08 bits per heavy atom. The zero-order valence-electron chi connectivity index (χ0n) is 7.50. The lowest BCUT2D eigenvalue weighted by Crippen LogP contribution is -2.31. The maximum absolute atomic E-state index is 5.42. The topological polar surface area (TPSA) is 29.3 Å². The molecule has 0 aromatic rings. The highest BCUT2D eigenvalue weighted by Crippen LogP contribution is 2.07. The normalized spacial score (nSPS) is 17.8. The van der Waals surface area contributed by atoms with Crippen LogP contribution in [0, 0.1) is 0 Å². The van der Waals surface area contributed by atoms with Crippen molar-refractivity contribution in [2.24, 2.45) is 5.73 Å². The minimum atomic E-state index is 0. The summed E-state index contributed by atoms with van der Waals surface area (Å²) in [5.74, 6) is 0. The summed E-state index contributed by atoms with van der Waals surface area (Å²) in [5, 5.41) is 0. The van der Waals surface area contributed by atoms with Gasteiger partial charge in [0.05, 0.1) is 0 Å². The average molecular weight is 215 g/mol. The molecular formula is C8H20Cl2N2. The molecule has 0 aromatic heterocycles. The largest absolute Gasteiger partial charge is 0.330 e. The molecule has 0 saturated carbocycles. The Balaban J connectivity index is 0. The van der Waals surface area contributed by atoms with Crippen LogP contribution in [-0.4, -0.2) is 31.1 Å². The molecule has 0 unspecified atom stereocenters. The van der Waals surface area contributed by atoms with Gasteiger partial charge in [-0.3, -0.25) is 0 Å². The lowest BCUT2D eigenvalue weighted by molar-refractivity contribution is 0.227. The molecule has 1 saturated heterocycles. The third kappa shape index (κ3) is 6.06. The van der Waals surface area contributed by atoms with Crippen molar-refractivity contribution < 1.29 is 0 Å². The van der Waals surface area contributed by atoms with Crippen LogP contribution in [0.5, 0.6) is 0 Å². The molecule has 1 aliphatic heterocycles. The molecule has 76 valence electrons. The number of nitrogens with two attached hydrogens (primary N) is 1. The van der Waals surface area contributed by atoms with Gasteiger partial charge >= 0.3 is 0 Å². The zero-order chi connectivity index (χ0) is 7.23. The van der Waals surface area contributed by atoms with E-state index in [1.165, 1.54) is 45.3 Å². The standard InChI is InChI=1S/C8H18N2.2ClH/c9-5-4-8-10-6-2-1-3-7-10;;/h1-9H2;2*1H. The van der Waals surface area contributed by atoms with Gasteiger partial charge in [-0.15, -0.1) is 24.8 Å². The first-order valence-corrected chi connectivity index (χ1v) is 4.36. The van der Waals surface area contributed by atoms with Crippen molar-refractivity contribution in [3.63, 3.8) is 0 Å². The summed E-state index contributed by atoms with van der Waals surface area (Å²) in [4.78, 5) is 2.52. The third-order valence-corrected chi connectivity index (χ3v) is 2.13. The van der Waals surface area contributed by atoms with Crippen molar-refractivity contribution in [1.29, 1.82) is 0 Å². The van der Waals surface area contributed by atoms with Gasteiger partial charge in [-0.2, -0.15) is 0 Å². The lowest BCUT2D eigenvalue weighted by atomic mass is 10.1. The van der Waals surface area contributed by atoms with Gasteiger partial charge in [0.25, 0.3) is 0 Å². The van der Waals surface area contributed by atoms with Gasteiger partial charge < -0.3 is 10.6 Å². The van der Waals surface area contributed by atoms with Crippen LogP contribution in [0.15, 0.2) is 0 Å². The summed E-state index contributed by atoms with van der Waals surface area (Å²) in [6, 6.07) is 0. The number of hydrogen-bond acceptors (Lipinski definition) is 2. The molecule has 2 nitrogen and oxygen atoms in total. The Hall–Kier alpha value is 0.500. The van der Waals surface area contributed by atoms with Crippen LogP contribution in [0.2, 0.25) is 0 Å². The van der Waals surface area contributed by atoms with Crippen LogP contribution in [0.4, 0.5) is 0 Å². The van der Waals surface area contributed by atoms with E-state index in [-0.39, 0.29) is 24.8 Å². The molecule has 12 heavy (non-hydrogen) atoms. The van der Waals surface area contributed by atoms with Crippen LogP contribution < -0.4 is 5.73 Å².